The lowest BCUT2D eigenvalue weighted by Crippen LogP contribution is -2.18. The predicted molar refractivity (Wildman–Crippen MR) is 96.8 cm³/mol. The first-order chi connectivity index (χ1) is 10.7. The third-order valence-corrected chi connectivity index (χ3v) is 4.28. The zero-order valence-electron chi connectivity index (χ0n) is 14.0. The second-order valence-electron chi connectivity index (χ2n) is 6.09. The van der Waals surface area contributed by atoms with Crippen molar-refractivity contribution in [3.05, 3.63) is 29.5 Å². The molecule has 1 aromatic heterocycles. The van der Waals surface area contributed by atoms with E-state index in [0.717, 1.165) is 31.7 Å². The first kappa shape index (κ1) is 18.1. The van der Waals surface area contributed by atoms with Crippen molar-refractivity contribution >= 4 is 23.3 Å². The Morgan fingerprint density at radius 1 is 1.30 bits per heavy atom. The van der Waals surface area contributed by atoms with E-state index in [2.05, 4.69) is 29.7 Å². The van der Waals surface area contributed by atoms with Gasteiger partial charge in [0.2, 0.25) is 0 Å². The topological polar surface area (TPSA) is 49.4 Å². The van der Waals surface area contributed by atoms with Gasteiger partial charge in [-0.2, -0.15) is 0 Å². The van der Waals surface area contributed by atoms with E-state index in [0.29, 0.717) is 13.2 Å². The van der Waals surface area contributed by atoms with Gasteiger partial charge >= 0.3 is 0 Å². The molecular formula is C18H27ClN2O2. The maximum absolute atomic E-state index is 6.06. The van der Waals surface area contributed by atoms with Gasteiger partial charge < -0.3 is 19.8 Å². The minimum absolute atomic E-state index is 0. The Labute approximate surface area is 144 Å². The van der Waals surface area contributed by atoms with Crippen LogP contribution in [0.4, 0.5) is 0 Å². The van der Waals surface area contributed by atoms with Crippen molar-refractivity contribution in [2.75, 3.05) is 19.8 Å². The summed E-state index contributed by atoms with van der Waals surface area (Å²) in [4.78, 5) is 0. The maximum atomic E-state index is 6.06. The molecule has 2 aromatic rings. The quantitative estimate of drug-likeness (QED) is 0.788. The Kier molecular flexibility index (Phi) is 6.33. The molecular weight excluding hydrogens is 312 g/mol. The van der Waals surface area contributed by atoms with E-state index >= 15 is 0 Å². The molecule has 1 aromatic carbocycles. The molecule has 0 unspecified atom stereocenters. The summed E-state index contributed by atoms with van der Waals surface area (Å²) in [5.41, 5.74) is 10.3. The highest BCUT2D eigenvalue weighted by atomic mass is 35.5. The molecule has 23 heavy (non-hydrogen) atoms. The smallest absolute Gasteiger partial charge is 0.120 e. The van der Waals surface area contributed by atoms with E-state index < -0.39 is 0 Å². The molecule has 1 aliphatic rings. The highest BCUT2D eigenvalue weighted by Crippen LogP contribution is 2.34. The molecule has 128 valence electrons. The van der Waals surface area contributed by atoms with Crippen LogP contribution in [0.1, 0.15) is 31.5 Å². The summed E-state index contributed by atoms with van der Waals surface area (Å²) in [6.45, 7) is 7.15. The normalized spacial score (nSPS) is 14.6. The van der Waals surface area contributed by atoms with Gasteiger partial charge in [-0.1, -0.05) is 0 Å². The van der Waals surface area contributed by atoms with E-state index in [1.54, 1.807) is 0 Å². The third kappa shape index (κ3) is 3.82. The average molecular weight is 339 g/mol. The molecule has 0 aliphatic carbocycles. The number of aromatic nitrogens is 1. The predicted octanol–water partition coefficient (Wildman–Crippen LogP) is 3.31. The minimum Gasteiger partial charge on any atom is -0.491 e. The fourth-order valence-electron chi connectivity index (χ4n) is 3.40. The van der Waals surface area contributed by atoms with Crippen LogP contribution in [0, 0.1) is 0 Å². The number of hydrogen-bond acceptors (Lipinski definition) is 3. The molecule has 0 radical (unpaired) electrons. The van der Waals surface area contributed by atoms with E-state index in [-0.39, 0.29) is 18.4 Å². The largest absolute Gasteiger partial charge is 0.491 e. The number of hydrogen-bond donors (Lipinski definition) is 1. The lowest BCUT2D eigenvalue weighted by molar-refractivity contribution is 0.110. The van der Waals surface area contributed by atoms with Gasteiger partial charge in [0.05, 0.1) is 6.61 Å². The first-order valence-electron chi connectivity index (χ1n) is 8.30. The SMILES string of the molecule is CCOCCOc1ccc2c(c1)c(C[C@H](C)N)c1n2CCC1.Cl. The van der Waals surface area contributed by atoms with Gasteiger partial charge in [-0.3, -0.25) is 0 Å². The van der Waals surface area contributed by atoms with Crippen LogP contribution in [-0.4, -0.2) is 30.4 Å². The highest BCUT2D eigenvalue weighted by Gasteiger charge is 2.21. The number of aryl methyl sites for hydroxylation is 1. The number of halogens is 1. The standard InChI is InChI=1S/C18H26N2O2.ClH/c1-3-21-9-10-22-14-6-7-18-16(12-14)15(11-13(2)19)17-5-4-8-20(17)18;/h6-7,12-13H,3-5,8-11,19H2,1-2H3;1H/t13-;/m0./s1. The number of fused-ring (bicyclic) bond motifs is 3. The summed E-state index contributed by atoms with van der Waals surface area (Å²) in [5.74, 6) is 0.919. The molecule has 0 saturated heterocycles. The van der Waals surface area contributed by atoms with Crippen LogP contribution >= 0.6 is 12.4 Å². The molecule has 0 bridgehead atoms. The van der Waals surface area contributed by atoms with Gasteiger partial charge in [0.15, 0.2) is 0 Å². The Balaban J connectivity index is 0.00000192. The van der Waals surface area contributed by atoms with Crippen LogP contribution in [0.25, 0.3) is 10.9 Å². The third-order valence-electron chi connectivity index (χ3n) is 4.28. The molecule has 0 spiro atoms. The van der Waals surface area contributed by atoms with Crippen molar-refractivity contribution in [1.82, 2.24) is 4.57 Å². The molecule has 1 atom stereocenters. The van der Waals surface area contributed by atoms with Crippen molar-refractivity contribution in [3.63, 3.8) is 0 Å². The van der Waals surface area contributed by atoms with Crippen molar-refractivity contribution in [3.8, 4) is 5.75 Å². The second kappa shape index (κ2) is 8.04. The molecule has 0 fully saturated rings. The summed E-state index contributed by atoms with van der Waals surface area (Å²) in [6.07, 6.45) is 3.34. The second-order valence-corrected chi connectivity index (χ2v) is 6.09. The van der Waals surface area contributed by atoms with Gasteiger partial charge in [-0.15, -0.1) is 12.4 Å². The Bertz CT molecular complexity index is 652. The molecule has 2 N–H and O–H groups in total. The van der Waals surface area contributed by atoms with Crippen LogP contribution in [0.5, 0.6) is 5.75 Å². The monoisotopic (exact) mass is 338 g/mol. The van der Waals surface area contributed by atoms with Crippen LogP contribution in [0.3, 0.4) is 0 Å². The zero-order chi connectivity index (χ0) is 15.5. The van der Waals surface area contributed by atoms with Crippen molar-refractivity contribution in [2.45, 2.75) is 45.7 Å². The zero-order valence-corrected chi connectivity index (χ0v) is 14.8. The van der Waals surface area contributed by atoms with Gasteiger partial charge in [-0.25, -0.2) is 0 Å². The summed E-state index contributed by atoms with van der Waals surface area (Å²) in [5, 5.41) is 1.31. The van der Waals surface area contributed by atoms with Crippen LogP contribution in [-0.2, 0) is 24.1 Å². The summed E-state index contributed by atoms with van der Waals surface area (Å²) < 4.78 is 13.6. The number of benzene rings is 1. The van der Waals surface area contributed by atoms with E-state index in [1.807, 2.05) is 6.92 Å². The van der Waals surface area contributed by atoms with E-state index in [1.165, 1.54) is 28.6 Å². The van der Waals surface area contributed by atoms with E-state index in [9.17, 15) is 0 Å². The van der Waals surface area contributed by atoms with Crippen LogP contribution in [0.2, 0.25) is 0 Å². The van der Waals surface area contributed by atoms with Gasteiger partial charge in [0.25, 0.3) is 0 Å². The minimum atomic E-state index is 0. The molecule has 1 aliphatic heterocycles. The lowest BCUT2D eigenvalue weighted by atomic mass is 10.0. The fourth-order valence-corrected chi connectivity index (χ4v) is 3.40. The molecule has 3 rings (SSSR count). The summed E-state index contributed by atoms with van der Waals surface area (Å²) in [7, 11) is 0. The summed E-state index contributed by atoms with van der Waals surface area (Å²) in [6, 6.07) is 6.60. The van der Waals surface area contributed by atoms with Crippen molar-refractivity contribution in [2.24, 2.45) is 5.73 Å². The fraction of sp³-hybridized carbons (Fsp3) is 0.556. The Hall–Kier alpha value is -1.23. The van der Waals surface area contributed by atoms with Crippen LogP contribution < -0.4 is 10.5 Å². The molecule has 0 saturated carbocycles. The van der Waals surface area contributed by atoms with E-state index in [4.69, 9.17) is 15.2 Å². The average Bonchev–Trinajstić information content (AvgIpc) is 3.06. The maximum Gasteiger partial charge on any atom is 0.120 e. The number of rotatable bonds is 7. The lowest BCUT2D eigenvalue weighted by Gasteiger charge is -2.09. The summed E-state index contributed by atoms with van der Waals surface area (Å²) >= 11 is 0. The first-order valence-corrected chi connectivity index (χ1v) is 8.30. The Morgan fingerprint density at radius 3 is 2.87 bits per heavy atom. The van der Waals surface area contributed by atoms with Crippen molar-refractivity contribution in [1.29, 1.82) is 0 Å². The van der Waals surface area contributed by atoms with Gasteiger partial charge in [0.1, 0.15) is 12.4 Å². The van der Waals surface area contributed by atoms with Crippen LogP contribution in [0.15, 0.2) is 18.2 Å². The molecule has 4 nitrogen and oxygen atoms in total. The Morgan fingerprint density at radius 2 is 2.13 bits per heavy atom. The molecule has 2 heterocycles. The highest BCUT2D eigenvalue weighted by molar-refractivity contribution is 5.87. The number of nitrogens with zero attached hydrogens (tertiary/aromatic N) is 1. The number of nitrogens with two attached hydrogens (primary N) is 1. The molecule has 0 amide bonds. The van der Waals surface area contributed by atoms with Gasteiger partial charge in [0, 0.05) is 35.8 Å². The number of ether oxygens (including phenoxy) is 2. The van der Waals surface area contributed by atoms with Gasteiger partial charge in [-0.05, 0) is 56.9 Å². The van der Waals surface area contributed by atoms with Crippen molar-refractivity contribution < 1.29 is 9.47 Å². The molecule has 5 heteroatoms.